The first-order chi connectivity index (χ1) is 7.79. The van der Waals surface area contributed by atoms with Crippen molar-refractivity contribution < 1.29 is 0 Å². The molecule has 0 fully saturated rings. The minimum atomic E-state index is 0.699. The molecule has 0 aliphatic carbocycles. The standard InChI is InChI=1S/C13H15BrN2/c14-12-5-3-11(4-6-12)10-16-9-1-2-13(16)7-8-15/h1-6,9H,7-8,10,15H2. The molecule has 0 amide bonds. The van der Waals surface area contributed by atoms with Crippen LogP contribution in [0.5, 0.6) is 0 Å². The van der Waals surface area contributed by atoms with Crippen LogP contribution in [0.15, 0.2) is 47.1 Å². The van der Waals surface area contributed by atoms with Gasteiger partial charge in [0.1, 0.15) is 0 Å². The zero-order valence-electron chi connectivity index (χ0n) is 9.07. The van der Waals surface area contributed by atoms with Gasteiger partial charge in [-0.2, -0.15) is 0 Å². The zero-order valence-corrected chi connectivity index (χ0v) is 10.7. The summed E-state index contributed by atoms with van der Waals surface area (Å²) in [6.45, 7) is 1.61. The molecule has 0 unspecified atom stereocenters. The number of aromatic nitrogens is 1. The van der Waals surface area contributed by atoms with Gasteiger partial charge in [0.25, 0.3) is 0 Å². The smallest absolute Gasteiger partial charge is 0.0472 e. The van der Waals surface area contributed by atoms with Crippen molar-refractivity contribution in [2.45, 2.75) is 13.0 Å². The molecule has 2 nitrogen and oxygen atoms in total. The fourth-order valence-corrected chi connectivity index (χ4v) is 2.03. The van der Waals surface area contributed by atoms with Crippen LogP contribution in [0, 0.1) is 0 Å². The molecule has 0 atom stereocenters. The summed E-state index contributed by atoms with van der Waals surface area (Å²) in [7, 11) is 0. The molecule has 2 aromatic rings. The number of halogens is 1. The Hall–Kier alpha value is -1.06. The van der Waals surface area contributed by atoms with Gasteiger partial charge in [0.2, 0.25) is 0 Å². The minimum Gasteiger partial charge on any atom is -0.347 e. The predicted octanol–water partition coefficient (Wildman–Crippen LogP) is 2.80. The van der Waals surface area contributed by atoms with E-state index in [1.165, 1.54) is 11.3 Å². The van der Waals surface area contributed by atoms with Gasteiger partial charge < -0.3 is 10.3 Å². The van der Waals surface area contributed by atoms with Crippen molar-refractivity contribution >= 4 is 15.9 Å². The lowest BCUT2D eigenvalue weighted by molar-refractivity contribution is 0.736. The van der Waals surface area contributed by atoms with Crippen LogP contribution in [-0.4, -0.2) is 11.1 Å². The predicted molar refractivity (Wildman–Crippen MR) is 70.4 cm³/mol. The molecule has 0 aliphatic rings. The lowest BCUT2D eigenvalue weighted by atomic mass is 10.2. The largest absolute Gasteiger partial charge is 0.347 e. The van der Waals surface area contributed by atoms with Crippen molar-refractivity contribution in [3.63, 3.8) is 0 Å². The van der Waals surface area contributed by atoms with Crippen LogP contribution in [0.2, 0.25) is 0 Å². The van der Waals surface area contributed by atoms with Crippen LogP contribution in [-0.2, 0) is 13.0 Å². The maximum atomic E-state index is 5.58. The molecule has 1 aromatic heterocycles. The Morgan fingerprint density at radius 3 is 2.56 bits per heavy atom. The van der Waals surface area contributed by atoms with E-state index in [0.29, 0.717) is 6.54 Å². The van der Waals surface area contributed by atoms with Crippen LogP contribution in [0.3, 0.4) is 0 Å². The average molecular weight is 279 g/mol. The highest BCUT2D eigenvalue weighted by atomic mass is 79.9. The number of benzene rings is 1. The van der Waals surface area contributed by atoms with Crippen LogP contribution < -0.4 is 5.73 Å². The third-order valence-electron chi connectivity index (χ3n) is 2.59. The molecular formula is C13H15BrN2. The molecule has 1 heterocycles. The Morgan fingerprint density at radius 1 is 1.12 bits per heavy atom. The number of hydrogen-bond donors (Lipinski definition) is 1. The highest BCUT2D eigenvalue weighted by molar-refractivity contribution is 9.10. The Labute approximate surface area is 104 Å². The SMILES string of the molecule is NCCc1cccn1Cc1ccc(Br)cc1. The second kappa shape index (κ2) is 5.32. The van der Waals surface area contributed by atoms with E-state index in [1.54, 1.807) is 0 Å². The molecule has 0 saturated carbocycles. The maximum absolute atomic E-state index is 5.58. The first-order valence-electron chi connectivity index (χ1n) is 5.38. The van der Waals surface area contributed by atoms with Gasteiger partial charge in [0.15, 0.2) is 0 Å². The summed E-state index contributed by atoms with van der Waals surface area (Å²) in [5.74, 6) is 0. The Balaban J connectivity index is 2.13. The summed E-state index contributed by atoms with van der Waals surface area (Å²) >= 11 is 3.44. The first kappa shape index (κ1) is 11.4. The van der Waals surface area contributed by atoms with E-state index >= 15 is 0 Å². The molecule has 0 aliphatic heterocycles. The van der Waals surface area contributed by atoms with E-state index in [4.69, 9.17) is 5.73 Å². The van der Waals surface area contributed by atoms with Gasteiger partial charge in [0, 0.05) is 22.9 Å². The maximum Gasteiger partial charge on any atom is 0.0472 e. The molecule has 2 rings (SSSR count). The lowest BCUT2D eigenvalue weighted by Gasteiger charge is -2.08. The third kappa shape index (κ3) is 2.74. The van der Waals surface area contributed by atoms with E-state index in [-0.39, 0.29) is 0 Å². The third-order valence-corrected chi connectivity index (χ3v) is 3.12. The lowest BCUT2D eigenvalue weighted by Crippen LogP contribution is -2.09. The van der Waals surface area contributed by atoms with E-state index in [0.717, 1.165) is 17.4 Å². The number of nitrogens with zero attached hydrogens (tertiary/aromatic N) is 1. The summed E-state index contributed by atoms with van der Waals surface area (Å²) in [4.78, 5) is 0. The van der Waals surface area contributed by atoms with Gasteiger partial charge in [-0.1, -0.05) is 28.1 Å². The van der Waals surface area contributed by atoms with E-state index < -0.39 is 0 Å². The van der Waals surface area contributed by atoms with Crippen molar-refractivity contribution in [1.29, 1.82) is 0 Å². The first-order valence-corrected chi connectivity index (χ1v) is 6.17. The van der Waals surface area contributed by atoms with Crippen molar-refractivity contribution in [3.8, 4) is 0 Å². The highest BCUT2D eigenvalue weighted by Gasteiger charge is 2.00. The topological polar surface area (TPSA) is 30.9 Å². The van der Waals surface area contributed by atoms with Gasteiger partial charge >= 0.3 is 0 Å². The second-order valence-electron chi connectivity index (χ2n) is 3.79. The van der Waals surface area contributed by atoms with Crippen LogP contribution in [0.1, 0.15) is 11.3 Å². The quantitative estimate of drug-likeness (QED) is 0.916. The van der Waals surface area contributed by atoms with E-state index in [1.807, 2.05) is 0 Å². The van der Waals surface area contributed by atoms with E-state index in [9.17, 15) is 0 Å². The van der Waals surface area contributed by atoms with Crippen molar-refractivity contribution in [2.75, 3.05) is 6.54 Å². The molecule has 0 bridgehead atoms. The van der Waals surface area contributed by atoms with Crippen LogP contribution in [0.4, 0.5) is 0 Å². The Kier molecular flexibility index (Phi) is 3.80. The Morgan fingerprint density at radius 2 is 1.88 bits per heavy atom. The minimum absolute atomic E-state index is 0.699. The monoisotopic (exact) mass is 278 g/mol. The molecule has 0 radical (unpaired) electrons. The molecule has 2 N–H and O–H groups in total. The molecular weight excluding hydrogens is 264 g/mol. The molecule has 1 aromatic carbocycles. The van der Waals surface area contributed by atoms with Gasteiger partial charge in [-0.25, -0.2) is 0 Å². The fraction of sp³-hybridized carbons (Fsp3) is 0.231. The Bertz CT molecular complexity index is 445. The van der Waals surface area contributed by atoms with Crippen molar-refractivity contribution in [3.05, 3.63) is 58.3 Å². The molecule has 0 saturated heterocycles. The van der Waals surface area contributed by atoms with Gasteiger partial charge in [-0.3, -0.25) is 0 Å². The molecule has 0 spiro atoms. The second-order valence-corrected chi connectivity index (χ2v) is 4.71. The molecule has 3 heteroatoms. The summed E-state index contributed by atoms with van der Waals surface area (Å²) < 4.78 is 3.36. The number of rotatable bonds is 4. The number of nitrogens with two attached hydrogens (primary N) is 1. The van der Waals surface area contributed by atoms with Gasteiger partial charge in [-0.15, -0.1) is 0 Å². The van der Waals surface area contributed by atoms with Crippen LogP contribution >= 0.6 is 15.9 Å². The summed E-state index contributed by atoms with van der Waals surface area (Å²) in [6.07, 6.45) is 3.04. The zero-order chi connectivity index (χ0) is 11.4. The fourth-order valence-electron chi connectivity index (χ4n) is 1.77. The molecule has 16 heavy (non-hydrogen) atoms. The normalized spacial score (nSPS) is 10.6. The summed E-state index contributed by atoms with van der Waals surface area (Å²) in [5, 5.41) is 0. The van der Waals surface area contributed by atoms with Crippen molar-refractivity contribution in [2.24, 2.45) is 5.73 Å². The number of hydrogen-bond acceptors (Lipinski definition) is 1. The van der Waals surface area contributed by atoms with E-state index in [2.05, 4.69) is 63.1 Å². The summed E-state index contributed by atoms with van der Waals surface area (Å²) in [5.41, 5.74) is 8.18. The van der Waals surface area contributed by atoms with Gasteiger partial charge in [0.05, 0.1) is 0 Å². The van der Waals surface area contributed by atoms with Crippen molar-refractivity contribution in [1.82, 2.24) is 4.57 Å². The highest BCUT2D eigenvalue weighted by Crippen LogP contribution is 2.13. The average Bonchev–Trinajstić information content (AvgIpc) is 2.70. The van der Waals surface area contributed by atoms with Crippen LogP contribution in [0.25, 0.3) is 0 Å². The molecule has 84 valence electrons. The van der Waals surface area contributed by atoms with Gasteiger partial charge in [-0.05, 0) is 42.8 Å². The summed E-state index contributed by atoms with van der Waals surface area (Å²) in [6, 6.07) is 12.6.